The van der Waals surface area contributed by atoms with Crippen molar-refractivity contribution >= 4 is 37.5 Å². The number of hydrogen-bond acceptors (Lipinski definition) is 10. The van der Waals surface area contributed by atoms with Gasteiger partial charge in [-0.05, 0) is 6.07 Å². The van der Waals surface area contributed by atoms with Crippen molar-refractivity contribution < 1.29 is 40.3 Å². The summed E-state index contributed by atoms with van der Waals surface area (Å²) in [5.74, 6) is 1.32. The molecule has 1 saturated heterocycles. The number of oxime groups is 1. The van der Waals surface area contributed by atoms with Crippen LogP contribution in [0.15, 0.2) is 17.3 Å². The maximum absolute atomic E-state index is 9.19. The van der Waals surface area contributed by atoms with Crippen LogP contribution in [0.5, 0.6) is 11.5 Å². The Morgan fingerprint density at radius 2 is 1.71 bits per heavy atom. The zero-order valence-electron chi connectivity index (χ0n) is 17.5. The molecule has 0 bridgehead atoms. The van der Waals surface area contributed by atoms with Crippen molar-refractivity contribution in [3.63, 3.8) is 0 Å². The first kappa shape index (κ1) is 29.3. The number of methoxy groups -OCH3 is 2. The molecule has 1 aromatic rings. The first-order chi connectivity index (χ1) is 14.2. The lowest BCUT2D eigenvalue weighted by Crippen LogP contribution is -2.22. The third-order valence-corrected chi connectivity index (χ3v) is 3.83. The molecule has 180 valence electrons. The van der Waals surface area contributed by atoms with Crippen molar-refractivity contribution in [3.8, 4) is 11.5 Å². The molecule has 0 saturated carbocycles. The molecule has 1 aliphatic rings. The van der Waals surface area contributed by atoms with Gasteiger partial charge in [0.1, 0.15) is 6.61 Å². The molecule has 12 nitrogen and oxygen atoms in total. The van der Waals surface area contributed by atoms with Crippen LogP contribution in [0, 0.1) is 5.92 Å². The van der Waals surface area contributed by atoms with Gasteiger partial charge in [0.15, 0.2) is 11.5 Å². The Bertz CT molecular complexity index is 892. The summed E-state index contributed by atoms with van der Waals surface area (Å²) in [5, 5.41) is 7.84. The van der Waals surface area contributed by atoms with E-state index in [1.54, 1.807) is 20.3 Å². The van der Waals surface area contributed by atoms with Crippen LogP contribution >= 0.6 is 11.6 Å². The molecule has 0 amide bonds. The molecule has 0 aromatic heterocycles. The minimum Gasteiger partial charge on any atom is -0.493 e. The van der Waals surface area contributed by atoms with Gasteiger partial charge in [0.05, 0.1) is 37.5 Å². The Morgan fingerprint density at radius 1 is 1.16 bits per heavy atom. The molecule has 1 aromatic carbocycles. The monoisotopic (exact) mass is 505 g/mol. The van der Waals surface area contributed by atoms with Crippen molar-refractivity contribution in [1.82, 2.24) is 5.32 Å². The molecular formula is C16H28ClN3O9S2. The Kier molecular flexibility index (Phi) is 12.9. The fraction of sp³-hybridized carbons (Fsp3) is 0.562. The van der Waals surface area contributed by atoms with Crippen LogP contribution in [0.3, 0.4) is 0 Å². The summed E-state index contributed by atoms with van der Waals surface area (Å²) in [6, 6.07) is 3.62. The van der Waals surface area contributed by atoms with E-state index in [9.17, 15) is 16.8 Å². The van der Waals surface area contributed by atoms with Crippen LogP contribution in [-0.4, -0.2) is 78.0 Å². The smallest absolute Gasteiger partial charge is 0.261 e. The largest absolute Gasteiger partial charge is 0.493 e. The first-order valence-electron chi connectivity index (χ1n) is 8.55. The Morgan fingerprint density at radius 3 is 2.16 bits per heavy atom. The highest BCUT2D eigenvalue weighted by atomic mass is 35.5. The van der Waals surface area contributed by atoms with Crippen molar-refractivity contribution in [2.75, 3.05) is 46.4 Å². The number of ether oxygens (including phenoxy) is 2. The van der Waals surface area contributed by atoms with Gasteiger partial charge >= 0.3 is 0 Å². The lowest BCUT2D eigenvalue weighted by Gasteiger charge is -2.12. The summed E-state index contributed by atoms with van der Waals surface area (Å²) in [6.07, 6.45) is 1.43. The molecule has 5 N–H and O–H groups in total. The predicted molar refractivity (Wildman–Crippen MR) is 117 cm³/mol. The Balaban J connectivity index is 0.000000752. The normalized spacial score (nSPS) is 17.2. The van der Waals surface area contributed by atoms with E-state index in [2.05, 4.69) is 10.5 Å². The maximum atomic E-state index is 9.19. The van der Waals surface area contributed by atoms with E-state index in [1.165, 1.54) is 0 Å². The second kappa shape index (κ2) is 13.7. The molecule has 0 spiro atoms. The minimum atomic E-state index is -3.67. The molecule has 1 fully saturated rings. The number of benzene rings is 1. The van der Waals surface area contributed by atoms with E-state index in [4.69, 9.17) is 40.8 Å². The van der Waals surface area contributed by atoms with Gasteiger partial charge in [0.25, 0.3) is 20.2 Å². The van der Waals surface area contributed by atoms with Crippen LogP contribution in [0.2, 0.25) is 5.02 Å². The standard InChI is InChI=1S/C14H20ClN3O3.2CH4O3S/c1-19-12-4-3-9(13(15)14(12)20-2)8-21-18-11-7-17-6-10(11)5-16;2*1-5(2,3)4/h3-4,10,17H,5-8,16H2,1-2H3;2*1H3,(H,2,3,4)/b18-11+;;. The quantitative estimate of drug-likeness (QED) is 0.309. The minimum absolute atomic E-state index is 0.242. The summed E-state index contributed by atoms with van der Waals surface area (Å²) in [7, 11) is -4.22. The van der Waals surface area contributed by atoms with Crippen molar-refractivity contribution in [2.45, 2.75) is 6.61 Å². The molecule has 31 heavy (non-hydrogen) atoms. The molecule has 1 unspecified atom stereocenters. The van der Waals surface area contributed by atoms with Crippen LogP contribution in [0.25, 0.3) is 0 Å². The first-order valence-corrected chi connectivity index (χ1v) is 12.6. The average Bonchev–Trinajstić information content (AvgIpc) is 3.07. The third kappa shape index (κ3) is 14.1. The molecule has 2 rings (SSSR count). The highest BCUT2D eigenvalue weighted by Crippen LogP contribution is 2.37. The predicted octanol–water partition coefficient (Wildman–Crippen LogP) is 0.416. The van der Waals surface area contributed by atoms with Gasteiger partial charge in [-0.3, -0.25) is 9.11 Å². The van der Waals surface area contributed by atoms with E-state index in [1.807, 2.05) is 6.07 Å². The van der Waals surface area contributed by atoms with Gasteiger partial charge < -0.3 is 25.4 Å². The van der Waals surface area contributed by atoms with Crippen LogP contribution in [0.4, 0.5) is 0 Å². The summed E-state index contributed by atoms with van der Waals surface area (Å²) in [5.41, 5.74) is 7.40. The Labute approximate surface area is 187 Å². The second-order valence-electron chi connectivity index (χ2n) is 6.16. The number of nitrogens with two attached hydrogens (primary N) is 1. The summed E-state index contributed by atoms with van der Waals surface area (Å²) in [4.78, 5) is 5.40. The SMILES string of the molecule is COc1ccc(CO/N=C2\CNCC2CN)c(Cl)c1OC.CS(=O)(=O)O.CS(=O)(=O)O. The average molecular weight is 506 g/mol. The summed E-state index contributed by atoms with van der Waals surface area (Å²) < 4.78 is 62.2. The van der Waals surface area contributed by atoms with E-state index in [-0.39, 0.29) is 12.5 Å². The van der Waals surface area contributed by atoms with Gasteiger partial charge in [-0.1, -0.05) is 22.8 Å². The van der Waals surface area contributed by atoms with Gasteiger partial charge in [-0.15, -0.1) is 0 Å². The Hall–Kier alpha value is -1.68. The second-order valence-corrected chi connectivity index (χ2v) is 9.47. The molecular weight excluding hydrogens is 478 g/mol. The fourth-order valence-electron chi connectivity index (χ4n) is 2.19. The maximum Gasteiger partial charge on any atom is 0.261 e. The molecule has 1 atom stereocenters. The topological polar surface area (TPSA) is 187 Å². The van der Waals surface area contributed by atoms with Crippen LogP contribution in [-0.2, 0) is 31.7 Å². The fourth-order valence-corrected chi connectivity index (χ4v) is 2.48. The number of halogens is 1. The number of hydrogen-bond donors (Lipinski definition) is 4. The lowest BCUT2D eigenvalue weighted by atomic mass is 10.1. The van der Waals surface area contributed by atoms with Crippen molar-refractivity contribution in [2.24, 2.45) is 16.8 Å². The van der Waals surface area contributed by atoms with E-state index < -0.39 is 20.2 Å². The zero-order valence-corrected chi connectivity index (χ0v) is 19.9. The number of nitrogens with one attached hydrogen (secondary N) is 1. The highest BCUT2D eigenvalue weighted by molar-refractivity contribution is 7.85. The van der Waals surface area contributed by atoms with E-state index >= 15 is 0 Å². The molecule has 0 radical (unpaired) electrons. The van der Waals surface area contributed by atoms with Gasteiger partial charge in [-0.2, -0.15) is 16.8 Å². The van der Waals surface area contributed by atoms with Gasteiger partial charge in [0, 0.05) is 31.1 Å². The summed E-state index contributed by atoms with van der Waals surface area (Å²) >= 11 is 6.28. The van der Waals surface area contributed by atoms with Gasteiger partial charge in [0.2, 0.25) is 0 Å². The van der Waals surface area contributed by atoms with E-state index in [0.29, 0.717) is 42.1 Å². The molecule has 0 aliphatic carbocycles. The summed E-state index contributed by atoms with van der Waals surface area (Å²) in [6.45, 7) is 2.38. The van der Waals surface area contributed by atoms with Crippen molar-refractivity contribution in [1.29, 1.82) is 0 Å². The number of rotatable bonds is 6. The zero-order chi connectivity index (χ0) is 24.2. The van der Waals surface area contributed by atoms with Gasteiger partial charge in [-0.25, -0.2) is 0 Å². The number of nitrogens with zero attached hydrogens (tertiary/aromatic N) is 1. The van der Waals surface area contributed by atoms with E-state index in [0.717, 1.165) is 17.8 Å². The third-order valence-electron chi connectivity index (χ3n) is 3.42. The molecule has 1 heterocycles. The van der Waals surface area contributed by atoms with Crippen molar-refractivity contribution in [3.05, 3.63) is 22.7 Å². The highest BCUT2D eigenvalue weighted by Gasteiger charge is 2.21. The van der Waals surface area contributed by atoms with Crippen LogP contribution < -0.4 is 20.5 Å². The lowest BCUT2D eigenvalue weighted by molar-refractivity contribution is 0.129. The molecule has 1 aliphatic heterocycles. The molecule has 15 heteroatoms. The van der Waals surface area contributed by atoms with Crippen LogP contribution in [0.1, 0.15) is 5.56 Å².